The van der Waals surface area contributed by atoms with Crippen molar-refractivity contribution in [1.82, 2.24) is 9.97 Å². The van der Waals surface area contributed by atoms with Crippen molar-refractivity contribution in [3.63, 3.8) is 0 Å². The second kappa shape index (κ2) is 5.81. The maximum Gasteiger partial charge on any atom is 0.292 e. The fourth-order valence-corrected chi connectivity index (χ4v) is 2.42. The smallest absolute Gasteiger partial charge is 0.292 e. The van der Waals surface area contributed by atoms with Crippen LogP contribution in [0, 0.1) is 24.0 Å². The molecule has 0 aliphatic carbocycles. The van der Waals surface area contributed by atoms with Gasteiger partial charge in [-0.2, -0.15) is 0 Å². The summed E-state index contributed by atoms with van der Waals surface area (Å²) in [4.78, 5) is 19.5. The molecule has 0 saturated carbocycles. The number of nitro groups is 1. The van der Waals surface area contributed by atoms with Crippen LogP contribution in [0.3, 0.4) is 0 Å². The quantitative estimate of drug-likeness (QED) is 0.563. The lowest BCUT2D eigenvalue weighted by molar-refractivity contribution is -0.384. The van der Waals surface area contributed by atoms with Gasteiger partial charge in [0.15, 0.2) is 11.0 Å². The molecule has 0 aliphatic rings. The van der Waals surface area contributed by atoms with E-state index >= 15 is 0 Å². The lowest BCUT2D eigenvalue weighted by atomic mass is 10.1. The summed E-state index contributed by atoms with van der Waals surface area (Å²) in [6, 6.07) is 10.5. The third kappa shape index (κ3) is 2.93. The van der Waals surface area contributed by atoms with E-state index in [2.05, 4.69) is 15.3 Å². The van der Waals surface area contributed by atoms with Gasteiger partial charge in [0.25, 0.3) is 5.69 Å². The van der Waals surface area contributed by atoms with Gasteiger partial charge >= 0.3 is 0 Å². The van der Waals surface area contributed by atoms with E-state index in [0.717, 1.165) is 11.1 Å². The van der Waals surface area contributed by atoms with Crippen molar-refractivity contribution in [3.05, 3.63) is 62.8 Å². The number of halogens is 1. The Morgan fingerprint density at radius 2 is 1.70 bits per heavy atom. The lowest BCUT2D eigenvalue weighted by Crippen LogP contribution is -2.02. The van der Waals surface area contributed by atoms with Crippen LogP contribution in [0.4, 0.5) is 17.2 Å². The Morgan fingerprint density at radius 3 is 2.35 bits per heavy atom. The molecule has 23 heavy (non-hydrogen) atoms. The first-order valence-electron chi connectivity index (χ1n) is 6.90. The lowest BCUT2D eigenvalue weighted by Gasteiger charge is -2.10. The number of fused-ring (bicyclic) bond motifs is 1. The number of hydrogen-bond donors (Lipinski definition) is 1. The highest BCUT2D eigenvalue weighted by Gasteiger charge is 2.17. The van der Waals surface area contributed by atoms with E-state index in [-0.39, 0.29) is 16.7 Å². The van der Waals surface area contributed by atoms with Gasteiger partial charge in [-0.15, -0.1) is 0 Å². The molecule has 0 bridgehead atoms. The van der Waals surface area contributed by atoms with Crippen LogP contribution in [0.1, 0.15) is 11.1 Å². The summed E-state index contributed by atoms with van der Waals surface area (Å²) in [6.07, 6.45) is 0. The Kier molecular flexibility index (Phi) is 3.83. The SMILES string of the molecule is Cc1cc(Nc2nc3ccccc3nc2Cl)c([N+](=O)[O-])cc1C. The molecule has 0 saturated heterocycles. The molecule has 1 heterocycles. The summed E-state index contributed by atoms with van der Waals surface area (Å²) in [7, 11) is 0. The average molecular weight is 329 g/mol. The first-order chi connectivity index (χ1) is 11.0. The summed E-state index contributed by atoms with van der Waals surface area (Å²) in [5, 5.41) is 14.4. The van der Waals surface area contributed by atoms with Crippen LogP contribution in [0.15, 0.2) is 36.4 Å². The van der Waals surface area contributed by atoms with Gasteiger partial charge in [-0.05, 0) is 43.2 Å². The number of benzene rings is 2. The third-order valence-electron chi connectivity index (χ3n) is 3.59. The van der Waals surface area contributed by atoms with E-state index in [1.807, 2.05) is 26.0 Å². The maximum atomic E-state index is 11.3. The Bertz CT molecular complexity index is 927. The topological polar surface area (TPSA) is 81.0 Å². The van der Waals surface area contributed by atoms with E-state index in [1.54, 1.807) is 18.2 Å². The summed E-state index contributed by atoms with van der Waals surface area (Å²) in [5.74, 6) is 0.289. The van der Waals surface area contributed by atoms with Gasteiger partial charge in [0, 0.05) is 6.07 Å². The van der Waals surface area contributed by atoms with E-state index in [0.29, 0.717) is 16.7 Å². The van der Waals surface area contributed by atoms with Gasteiger partial charge in [-0.25, -0.2) is 9.97 Å². The first kappa shape index (κ1) is 15.2. The first-order valence-corrected chi connectivity index (χ1v) is 7.28. The minimum atomic E-state index is -0.433. The van der Waals surface area contributed by atoms with Crippen LogP contribution in [0.2, 0.25) is 5.15 Å². The van der Waals surface area contributed by atoms with E-state index in [4.69, 9.17) is 11.6 Å². The molecule has 0 amide bonds. The van der Waals surface area contributed by atoms with Crippen LogP contribution < -0.4 is 5.32 Å². The molecule has 1 aromatic heterocycles. The number of nitrogens with zero attached hydrogens (tertiary/aromatic N) is 3. The molecule has 0 fully saturated rings. The summed E-state index contributed by atoms with van der Waals surface area (Å²) < 4.78 is 0. The van der Waals surface area contributed by atoms with Crippen LogP contribution >= 0.6 is 11.6 Å². The third-order valence-corrected chi connectivity index (χ3v) is 3.85. The zero-order valence-corrected chi connectivity index (χ0v) is 13.3. The molecule has 2 aromatic carbocycles. The molecule has 1 N–H and O–H groups in total. The number of para-hydroxylation sites is 2. The standard InChI is InChI=1S/C16H13ClN4O2/c1-9-7-13(14(21(22)23)8-10(9)2)20-16-15(17)18-11-5-3-4-6-12(11)19-16/h3-8H,1-2H3,(H,19,20). The highest BCUT2D eigenvalue weighted by atomic mass is 35.5. The number of aromatic nitrogens is 2. The van der Waals surface area contributed by atoms with Crippen molar-refractivity contribution in [2.45, 2.75) is 13.8 Å². The van der Waals surface area contributed by atoms with Crippen molar-refractivity contribution >= 4 is 39.8 Å². The Hall–Kier alpha value is -2.73. The van der Waals surface area contributed by atoms with Crippen LogP contribution in [0.25, 0.3) is 11.0 Å². The Balaban J connectivity index is 2.10. The molecule has 0 radical (unpaired) electrons. The van der Waals surface area contributed by atoms with Gasteiger partial charge in [0.2, 0.25) is 0 Å². The van der Waals surface area contributed by atoms with Gasteiger partial charge < -0.3 is 5.32 Å². The fraction of sp³-hybridized carbons (Fsp3) is 0.125. The zero-order chi connectivity index (χ0) is 16.6. The molecule has 116 valence electrons. The van der Waals surface area contributed by atoms with E-state index in [1.165, 1.54) is 6.07 Å². The van der Waals surface area contributed by atoms with Crippen LogP contribution in [0.5, 0.6) is 0 Å². The number of nitro benzene ring substituents is 1. The summed E-state index contributed by atoms with van der Waals surface area (Å²) in [6.45, 7) is 3.72. The number of aryl methyl sites for hydroxylation is 2. The van der Waals surface area contributed by atoms with Crippen LogP contribution in [-0.4, -0.2) is 14.9 Å². The second-order valence-electron chi connectivity index (χ2n) is 5.19. The molecule has 0 atom stereocenters. The minimum absolute atomic E-state index is 0.0286. The molecule has 0 aliphatic heterocycles. The molecule has 0 spiro atoms. The van der Waals surface area contributed by atoms with E-state index in [9.17, 15) is 10.1 Å². The highest BCUT2D eigenvalue weighted by molar-refractivity contribution is 6.32. The predicted octanol–water partition coefficient (Wildman–Crippen LogP) is 4.55. The molecule has 7 heteroatoms. The monoisotopic (exact) mass is 328 g/mol. The van der Waals surface area contributed by atoms with Gasteiger partial charge in [-0.1, -0.05) is 23.7 Å². The second-order valence-corrected chi connectivity index (χ2v) is 5.55. The van der Waals surface area contributed by atoms with Crippen molar-refractivity contribution in [1.29, 1.82) is 0 Å². The van der Waals surface area contributed by atoms with Gasteiger partial charge in [0.05, 0.1) is 16.0 Å². The van der Waals surface area contributed by atoms with E-state index < -0.39 is 4.92 Å². The predicted molar refractivity (Wildman–Crippen MR) is 90.4 cm³/mol. The largest absolute Gasteiger partial charge is 0.332 e. The number of anilines is 2. The molecule has 3 aromatic rings. The number of nitrogens with one attached hydrogen (secondary N) is 1. The molecular weight excluding hydrogens is 316 g/mol. The van der Waals surface area contributed by atoms with Crippen molar-refractivity contribution in [2.75, 3.05) is 5.32 Å². The van der Waals surface area contributed by atoms with Crippen molar-refractivity contribution < 1.29 is 4.92 Å². The fourth-order valence-electron chi connectivity index (χ4n) is 2.24. The van der Waals surface area contributed by atoms with Gasteiger partial charge in [0.1, 0.15) is 5.69 Å². The maximum absolute atomic E-state index is 11.3. The number of hydrogen-bond acceptors (Lipinski definition) is 5. The summed E-state index contributed by atoms with van der Waals surface area (Å²) >= 11 is 6.15. The van der Waals surface area contributed by atoms with Crippen molar-refractivity contribution in [3.8, 4) is 0 Å². The zero-order valence-electron chi connectivity index (χ0n) is 12.5. The van der Waals surface area contributed by atoms with Crippen LogP contribution in [-0.2, 0) is 0 Å². The molecule has 0 unspecified atom stereocenters. The normalized spacial score (nSPS) is 10.7. The highest BCUT2D eigenvalue weighted by Crippen LogP contribution is 2.32. The molecular formula is C16H13ClN4O2. The summed E-state index contributed by atoms with van der Waals surface area (Å²) in [5.41, 5.74) is 3.41. The molecule has 6 nitrogen and oxygen atoms in total. The van der Waals surface area contributed by atoms with Gasteiger partial charge in [-0.3, -0.25) is 10.1 Å². The molecule has 3 rings (SSSR count). The number of rotatable bonds is 3. The van der Waals surface area contributed by atoms with Crippen molar-refractivity contribution in [2.24, 2.45) is 0 Å². The Morgan fingerprint density at radius 1 is 1.09 bits per heavy atom. The Labute approximate surface area is 137 Å². The minimum Gasteiger partial charge on any atom is -0.332 e. The average Bonchev–Trinajstić information content (AvgIpc) is 2.51.